The molecule has 3 rings (SSSR count). The van der Waals surface area contributed by atoms with Gasteiger partial charge in [-0.3, -0.25) is 9.80 Å². The highest BCUT2D eigenvalue weighted by atomic mass is 35.5. The first kappa shape index (κ1) is 16.1. The third-order valence-electron chi connectivity index (χ3n) is 3.19. The number of benzene rings is 1. The smallest absolute Gasteiger partial charge is 0.212 e. The van der Waals surface area contributed by atoms with Crippen molar-refractivity contribution in [3.63, 3.8) is 0 Å². The molecule has 2 N–H and O–H groups in total. The second-order valence-electron chi connectivity index (χ2n) is 4.74. The van der Waals surface area contributed by atoms with Crippen molar-refractivity contribution in [2.75, 3.05) is 24.6 Å². The van der Waals surface area contributed by atoms with Gasteiger partial charge in [-0.25, -0.2) is 0 Å². The van der Waals surface area contributed by atoms with Crippen LogP contribution in [0.25, 0.3) is 0 Å². The number of nitrogens with zero attached hydrogens (tertiary/aromatic N) is 2. The van der Waals surface area contributed by atoms with Crippen LogP contribution in [0.2, 0.25) is 10.0 Å². The van der Waals surface area contributed by atoms with Gasteiger partial charge in [0.2, 0.25) is 6.41 Å². The van der Waals surface area contributed by atoms with Crippen LogP contribution in [0.3, 0.4) is 0 Å². The van der Waals surface area contributed by atoms with E-state index in [0.717, 1.165) is 5.69 Å². The molecule has 0 spiro atoms. The quantitative estimate of drug-likeness (QED) is 0.820. The van der Waals surface area contributed by atoms with Crippen molar-refractivity contribution < 1.29 is 4.79 Å². The van der Waals surface area contributed by atoms with E-state index >= 15 is 0 Å². The van der Waals surface area contributed by atoms with Gasteiger partial charge in [0, 0.05) is 13.0 Å². The fourth-order valence-corrected chi connectivity index (χ4v) is 2.38. The number of amides is 1. The van der Waals surface area contributed by atoms with Gasteiger partial charge < -0.3 is 10.6 Å². The van der Waals surface area contributed by atoms with E-state index in [-0.39, 0.29) is 0 Å². The number of anilines is 1. The summed E-state index contributed by atoms with van der Waals surface area (Å²) in [5, 5.41) is 12.8. The second kappa shape index (κ2) is 8.22. The van der Waals surface area contributed by atoms with Crippen molar-refractivity contribution in [1.82, 2.24) is 10.6 Å². The normalized spacial score (nSPS) is 17.0. The number of hydrazone groups is 1. The Bertz CT molecular complexity index is 510. The highest BCUT2D eigenvalue weighted by Crippen LogP contribution is 2.28. The van der Waals surface area contributed by atoms with Gasteiger partial charge in [0.05, 0.1) is 15.7 Å². The number of halogens is 2. The largest absolute Gasteiger partial charge is 0.317 e. The van der Waals surface area contributed by atoms with Crippen LogP contribution in [0.15, 0.2) is 23.3 Å². The minimum Gasteiger partial charge on any atom is -0.317 e. The summed E-state index contributed by atoms with van der Waals surface area (Å²) in [5.74, 6) is 0.654. The van der Waals surface area contributed by atoms with Crippen LogP contribution in [0.1, 0.15) is 19.3 Å². The monoisotopic (exact) mass is 328 g/mol. The Balaban J connectivity index is 0.000000272. The first-order valence-corrected chi connectivity index (χ1v) is 7.67. The standard InChI is InChI=1S/C10H9Cl2N3O.C4H9N/c11-8-2-1-7(5-9(8)12)15-4-3-10(14-15)13-6-16;1-2-4-5-3-1/h1-2,5-6H,3-4H2,(H,13,14,16);5H,1-4H2. The maximum Gasteiger partial charge on any atom is 0.212 e. The fraction of sp³-hybridized carbons (Fsp3) is 0.429. The summed E-state index contributed by atoms with van der Waals surface area (Å²) in [7, 11) is 0. The van der Waals surface area contributed by atoms with Crippen LogP contribution >= 0.6 is 23.2 Å². The summed E-state index contributed by atoms with van der Waals surface area (Å²) in [4.78, 5) is 10.3. The van der Waals surface area contributed by atoms with Gasteiger partial charge in [0.15, 0.2) is 0 Å². The highest BCUT2D eigenvalue weighted by molar-refractivity contribution is 6.42. The molecule has 2 aliphatic heterocycles. The summed E-state index contributed by atoms with van der Waals surface area (Å²) in [6, 6.07) is 5.30. The van der Waals surface area contributed by atoms with Crippen molar-refractivity contribution in [3.8, 4) is 0 Å². The maximum atomic E-state index is 10.3. The van der Waals surface area contributed by atoms with E-state index in [1.54, 1.807) is 17.1 Å². The van der Waals surface area contributed by atoms with E-state index in [1.807, 2.05) is 6.07 Å². The predicted octanol–water partition coefficient (Wildman–Crippen LogP) is 2.63. The molecule has 0 aliphatic carbocycles. The third kappa shape index (κ3) is 4.88. The fourth-order valence-electron chi connectivity index (χ4n) is 2.08. The lowest BCUT2D eigenvalue weighted by molar-refractivity contribution is -0.108. The van der Waals surface area contributed by atoms with Crippen LogP contribution < -0.4 is 15.6 Å². The van der Waals surface area contributed by atoms with Crippen molar-refractivity contribution >= 4 is 41.1 Å². The van der Waals surface area contributed by atoms with Crippen molar-refractivity contribution in [3.05, 3.63) is 28.2 Å². The molecule has 114 valence electrons. The Hall–Kier alpha value is -1.30. The van der Waals surface area contributed by atoms with Gasteiger partial charge in [-0.05, 0) is 44.1 Å². The summed E-state index contributed by atoms with van der Waals surface area (Å²) in [5.41, 5.74) is 0.858. The Labute approximate surface area is 134 Å². The minimum atomic E-state index is 0.492. The lowest BCUT2D eigenvalue weighted by Gasteiger charge is -2.13. The number of rotatable bonds is 2. The lowest BCUT2D eigenvalue weighted by Crippen LogP contribution is -2.18. The topological polar surface area (TPSA) is 56.7 Å². The molecule has 0 saturated carbocycles. The molecule has 1 saturated heterocycles. The van der Waals surface area contributed by atoms with E-state index in [2.05, 4.69) is 15.7 Å². The summed E-state index contributed by atoms with van der Waals surface area (Å²) in [6.07, 6.45) is 4.11. The Morgan fingerprint density at radius 3 is 2.57 bits per heavy atom. The van der Waals surface area contributed by atoms with E-state index in [4.69, 9.17) is 23.2 Å². The number of hydrogen-bond acceptors (Lipinski definition) is 4. The summed E-state index contributed by atoms with van der Waals surface area (Å²) in [6.45, 7) is 3.22. The molecule has 0 bridgehead atoms. The molecular weight excluding hydrogens is 311 g/mol. The van der Waals surface area contributed by atoms with Crippen LogP contribution in [0.4, 0.5) is 5.69 Å². The van der Waals surface area contributed by atoms with Gasteiger partial charge in [0.25, 0.3) is 0 Å². The molecule has 1 aromatic rings. The number of amidine groups is 1. The second-order valence-corrected chi connectivity index (χ2v) is 5.55. The van der Waals surface area contributed by atoms with Crippen molar-refractivity contribution in [2.24, 2.45) is 5.10 Å². The van der Waals surface area contributed by atoms with Crippen molar-refractivity contribution in [2.45, 2.75) is 19.3 Å². The van der Waals surface area contributed by atoms with E-state index in [1.165, 1.54) is 25.9 Å². The van der Waals surface area contributed by atoms with Gasteiger partial charge >= 0.3 is 0 Å². The van der Waals surface area contributed by atoms with E-state index in [9.17, 15) is 4.79 Å². The predicted molar refractivity (Wildman–Crippen MR) is 87.2 cm³/mol. The molecule has 0 atom stereocenters. The molecule has 7 heteroatoms. The average Bonchev–Trinajstić information content (AvgIpc) is 3.16. The van der Waals surface area contributed by atoms with E-state index in [0.29, 0.717) is 35.3 Å². The van der Waals surface area contributed by atoms with Gasteiger partial charge in [-0.1, -0.05) is 23.2 Å². The minimum absolute atomic E-state index is 0.492. The van der Waals surface area contributed by atoms with Gasteiger partial charge in [-0.15, -0.1) is 0 Å². The number of carbonyl (C=O) groups is 1. The molecule has 5 nitrogen and oxygen atoms in total. The summed E-state index contributed by atoms with van der Waals surface area (Å²) < 4.78 is 0. The number of hydrogen-bond donors (Lipinski definition) is 2. The third-order valence-corrected chi connectivity index (χ3v) is 3.92. The van der Waals surface area contributed by atoms with Crippen molar-refractivity contribution in [1.29, 1.82) is 0 Å². The zero-order chi connectivity index (χ0) is 15.1. The van der Waals surface area contributed by atoms with E-state index < -0.39 is 0 Å². The van der Waals surface area contributed by atoms with Crippen LogP contribution in [-0.4, -0.2) is 31.9 Å². The summed E-state index contributed by atoms with van der Waals surface area (Å²) >= 11 is 11.7. The van der Waals surface area contributed by atoms with Crippen LogP contribution in [-0.2, 0) is 4.79 Å². The molecule has 2 heterocycles. The zero-order valence-corrected chi connectivity index (χ0v) is 13.1. The lowest BCUT2D eigenvalue weighted by atomic mass is 10.3. The first-order chi connectivity index (χ1) is 10.2. The number of carbonyl (C=O) groups excluding carboxylic acids is 1. The number of nitrogens with one attached hydrogen (secondary N) is 2. The molecular formula is C14H18Cl2N4O. The van der Waals surface area contributed by atoms with Gasteiger partial charge in [0.1, 0.15) is 5.84 Å². The molecule has 21 heavy (non-hydrogen) atoms. The molecule has 1 amide bonds. The van der Waals surface area contributed by atoms with Gasteiger partial charge in [-0.2, -0.15) is 5.10 Å². The molecule has 1 aromatic carbocycles. The highest BCUT2D eigenvalue weighted by Gasteiger charge is 2.16. The SMILES string of the molecule is C1CCNC1.O=CNC1=NN(c2ccc(Cl)c(Cl)c2)CC1. The molecule has 0 aromatic heterocycles. The maximum absolute atomic E-state index is 10.3. The first-order valence-electron chi connectivity index (χ1n) is 6.91. The van der Waals surface area contributed by atoms with Crippen LogP contribution in [0, 0.1) is 0 Å². The van der Waals surface area contributed by atoms with Crippen LogP contribution in [0.5, 0.6) is 0 Å². The molecule has 0 radical (unpaired) electrons. The average molecular weight is 329 g/mol. The molecule has 2 aliphatic rings. The Morgan fingerprint density at radius 1 is 1.24 bits per heavy atom. The Morgan fingerprint density at radius 2 is 2.00 bits per heavy atom. The zero-order valence-electron chi connectivity index (χ0n) is 11.6. The Kier molecular flexibility index (Phi) is 6.29. The molecule has 0 unspecified atom stereocenters. The molecule has 1 fully saturated rings.